The number of H-pyrrole nitrogens is 2. The Kier molecular flexibility index (Phi) is 6.82. The van der Waals surface area contributed by atoms with Crippen molar-refractivity contribution in [2.75, 3.05) is 5.32 Å². The van der Waals surface area contributed by atoms with Gasteiger partial charge in [-0.05, 0) is 36.8 Å². The Morgan fingerprint density at radius 3 is 2.46 bits per heavy atom. The van der Waals surface area contributed by atoms with Crippen LogP contribution in [0, 0.1) is 12.7 Å². The highest BCUT2D eigenvalue weighted by Crippen LogP contribution is 2.32. The van der Waals surface area contributed by atoms with Crippen molar-refractivity contribution in [2.24, 2.45) is 4.99 Å². The Morgan fingerprint density at radius 2 is 1.80 bits per heavy atom. The van der Waals surface area contributed by atoms with Crippen LogP contribution in [0.5, 0.6) is 5.88 Å². The molecule has 2 aromatic carbocycles. The lowest BCUT2D eigenvalue weighted by Crippen LogP contribution is -2.29. The summed E-state index contributed by atoms with van der Waals surface area (Å²) >= 11 is 0.998. The predicted molar refractivity (Wildman–Crippen MR) is 129 cm³/mol. The van der Waals surface area contributed by atoms with Gasteiger partial charge in [-0.25, -0.2) is 14.2 Å². The molecule has 10 nitrogen and oxygen atoms in total. The summed E-state index contributed by atoms with van der Waals surface area (Å²) < 4.78 is 13.0. The van der Waals surface area contributed by atoms with Gasteiger partial charge in [0.2, 0.25) is 17.7 Å². The molecule has 2 amide bonds. The second kappa shape index (κ2) is 9.97. The minimum absolute atomic E-state index is 0.144. The van der Waals surface area contributed by atoms with Gasteiger partial charge < -0.3 is 15.7 Å². The molecular formula is C23H20FN5O5S. The summed E-state index contributed by atoms with van der Waals surface area (Å²) in [6, 6.07) is 11.2. The average Bonchev–Trinajstić information content (AvgIpc) is 3.13. The quantitative estimate of drug-likeness (QED) is 0.350. The summed E-state index contributed by atoms with van der Waals surface area (Å²) in [7, 11) is 0. The van der Waals surface area contributed by atoms with Crippen LogP contribution in [0.3, 0.4) is 0 Å². The number of aromatic nitrogens is 2. The van der Waals surface area contributed by atoms with Gasteiger partial charge in [0.25, 0.3) is 5.56 Å². The number of amidine groups is 1. The van der Waals surface area contributed by atoms with Gasteiger partial charge in [-0.3, -0.25) is 24.4 Å². The Labute approximate surface area is 201 Å². The molecule has 1 saturated heterocycles. The summed E-state index contributed by atoms with van der Waals surface area (Å²) in [6.07, 6.45) is -0.174. The number of hydrogen-bond donors (Lipinski definition) is 5. The topological polar surface area (TPSA) is 157 Å². The Bertz CT molecular complexity index is 1420. The van der Waals surface area contributed by atoms with Crippen molar-refractivity contribution in [2.45, 2.75) is 24.6 Å². The number of carbonyl (C=O) groups excluding carboxylic acids is 2. The van der Waals surface area contributed by atoms with Crippen LogP contribution in [0.2, 0.25) is 0 Å². The maximum absolute atomic E-state index is 13.0. The molecular weight excluding hydrogens is 477 g/mol. The Morgan fingerprint density at radius 1 is 1.11 bits per heavy atom. The molecule has 3 aromatic rings. The first-order chi connectivity index (χ1) is 16.7. The van der Waals surface area contributed by atoms with Crippen LogP contribution in [0.1, 0.15) is 29.2 Å². The van der Waals surface area contributed by atoms with Crippen LogP contribution in [0.25, 0.3) is 0 Å². The number of halogens is 1. The monoisotopic (exact) mass is 497 g/mol. The van der Waals surface area contributed by atoms with E-state index in [1.54, 1.807) is 24.3 Å². The summed E-state index contributed by atoms with van der Waals surface area (Å²) in [5.41, 5.74) is -0.0268. The van der Waals surface area contributed by atoms with E-state index >= 15 is 0 Å². The number of hydrogen-bond acceptors (Lipinski definition) is 7. The smallest absolute Gasteiger partial charge is 0.328 e. The molecule has 35 heavy (non-hydrogen) atoms. The van der Waals surface area contributed by atoms with Gasteiger partial charge in [0, 0.05) is 12.1 Å². The molecule has 0 bridgehead atoms. The minimum atomic E-state index is -1.05. The van der Waals surface area contributed by atoms with Crippen molar-refractivity contribution in [3.8, 4) is 5.88 Å². The average molecular weight is 498 g/mol. The van der Waals surface area contributed by atoms with Gasteiger partial charge in [-0.1, -0.05) is 41.6 Å². The van der Waals surface area contributed by atoms with Crippen molar-refractivity contribution in [1.82, 2.24) is 15.3 Å². The first-order valence-electron chi connectivity index (χ1n) is 10.4. The molecule has 0 unspecified atom stereocenters. The van der Waals surface area contributed by atoms with E-state index in [9.17, 15) is 28.7 Å². The van der Waals surface area contributed by atoms with Crippen LogP contribution in [-0.2, 0) is 9.59 Å². The van der Waals surface area contributed by atoms with Crippen molar-refractivity contribution in [3.63, 3.8) is 0 Å². The standard InChI is InChI=1S/C23H20FN5O5S/c1-11-2-4-12(5-3-11)18(17-20(32)27-22(34)28-21(17)33)26-23-29-19(31)15(35-23)10-16(30)25-14-8-6-13(24)7-9-14/h2-9,15,18H,10H2,1H3,(H,25,30)(H,26,29,31)(H3,27,28,32,33,34)/t15-,18+/m1/s1. The van der Waals surface area contributed by atoms with E-state index in [-0.39, 0.29) is 17.2 Å². The summed E-state index contributed by atoms with van der Waals surface area (Å²) in [5.74, 6) is -1.98. The zero-order valence-corrected chi connectivity index (χ0v) is 19.1. The lowest BCUT2D eigenvalue weighted by atomic mass is 10.00. The minimum Gasteiger partial charge on any atom is -0.494 e. The molecule has 0 aliphatic carbocycles. The largest absolute Gasteiger partial charge is 0.494 e. The van der Waals surface area contributed by atoms with Crippen molar-refractivity contribution >= 4 is 34.4 Å². The fourth-order valence-electron chi connectivity index (χ4n) is 3.42. The van der Waals surface area contributed by atoms with Crippen LogP contribution < -0.4 is 21.9 Å². The summed E-state index contributed by atoms with van der Waals surface area (Å²) in [4.78, 5) is 57.6. The zero-order valence-electron chi connectivity index (χ0n) is 18.3. The molecule has 2 atom stereocenters. The molecule has 180 valence electrons. The third-order valence-corrected chi connectivity index (χ3v) is 6.24. The number of amides is 2. The van der Waals surface area contributed by atoms with Crippen LogP contribution in [0.4, 0.5) is 10.1 Å². The molecule has 1 aromatic heterocycles. The van der Waals surface area contributed by atoms with Gasteiger partial charge in [-0.15, -0.1) is 0 Å². The van der Waals surface area contributed by atoms with E-state index in [2.05, 4.69) is 25.6 Å². The highest BCUT2D eigenvalue weighted by molar-refractivity contribution is 8.15. The van der Waals surface area contributed by atoms with E-state index in [1.807, 2.05) is 6.92 Å². The van der Waals surface area contributed by atoms with Gasteiger partial charge >= 0.3 is 5.69 Å². The first-order valence-corrected chi connectivity index (χ1v) is 11.3. The number of thioether (sulfide) groups is 1. The number of aliphatic imine (C=N–C) groups is 1. The van der Waals surface area contributed by atoms with Gasteiger partial charge in [-0.2, -0.15) is 0 Å². The molecule has 0 radical (unpaired) electrons. The predicted octanol–water partition coefficient (Wildman–Crippen LogP) is 1.92. The van der Waals surface area contributed by atoms with Gasteiger partial charge in [0.1, 0.15) is 22.7 Å². The number of aromatic amines is 2. The molecule has 0 saturated carbocycles. The Hall–Kier alpha value is -4.19. The van der Waals surface area contributed by atoms with E-state index in [1.165, 1.54) is 24.3 Å². The third kappa shape index (κ3) is 5.66. The van der Waals surface area contributed by atoms with Crippen LogP contribution in [0.15, 0.2) is 63.1 Å². The summed E-state index contributed by atoms with van der Waals surface area (Å²) in [6.45, 7) is 1.88. The molecule has 5 N–H and O–H groups in total. The van der Waals surface area contributed by atoms with Gasteiger partial charge in [0.15, 0.2) is 5.17 Å². The first kappa shape index (κ1) is 24.0. The van der Waals surface area contributed by atoms with E-state index in [0.717, 1.165) is 17.3 Å². The van der Waals surface area contributed by atoms with Crippen LogP contribution >= 0.6 is 11.8 Å². The number of rotatable bonds is 6. The molecule has 2 heterocycles. The number of carbonyl (C=O) groups is 2. The fourth-order valence-corrected chi connectivity index (χ4v) is 4.42. The highest BCUT2D eigenvalue weighted by atomic mass is 32.2. The fraction of sp³-hybridized carbons (Fsp3) is 0.174. The van der Waals surface area contributed by atoms with E-state index < -0.39 is 46.1 Å². The molecule has 1 aliphatic heterocycles. The SMILES string of the molecule is Cc1ccc([C@H](N=C2NC(=O)[C@@H](CC(=O)Nc3ccc(F)cc3)S2)c2c(O)[nH]c(=O)[nH]c2=O)cc1. The second-order valence-corrected chi connectivity index (χ2v) is 8.96. The summed E-state index contributed by atoms with van der Waals surface area (Å²) in [5, 5.41) is 14.8. The lowest BCUT2D eigenvalue weighted by Gasteiger charge is -2.14. The number of aromatic hydroxyl groups is 1. The molecule has 1 fully saturated rings. The lowest BCUT2D eigenvalue weighted by molar-refractivity contribution is -0.122. The highest BCUT2D eigenvalue weighted by Gasteiger charge is 2.33. The van der Waals surface area contributed by atoms with Crippen molar-refractivity contribution in [3.05, 3.63) is 91.9 Å². The number of anilines is 1. The van der Waals surface area contributed by atoms with Gasteiger partial charge in [0.05, 0.1) is 0 Å². The normalized spacial score (nSPS) is 17.3. The molecule has 4 rings (SSSR count). The number of nitrogens with zero attached hydrogens (tertiary/aromatic N) is 1. The Balaban J connectivity index is 1.58. The number of aryl methyl sites for hydroxylation is 1. The number of benzene rings is 2. The van der Waals surface area contributed by atoms with Crippen molar-refractivity contribution in [1.29, 1.82) is 0 Å². The maximum atomic E-state index is 13.0. The van der Waals surface area contributed by atoms with Crippen molar-refractivity contribution < 1.29 is 19.1 Å². The second-order valence-electron chi connectivity index (χ2n) is 7.77. The molecule has 12 heteroatoms. The maximum Gasteiger partial charge on any atom is 0.328 e. The molecule has 1 aliphatic rings. The third-order valence-electron chi connectivity index (χ3n) is 5.15. The van der Waals surface area contributed by atoms with E-state index in [0.29, 0.717) is 11.3 Å². The van der Waals surface area contributed by atoms with E-state index in [4.69, 9.17) is 0 Å². The zero-order chi connectivity index (χ0) is 25.1. The van der Waals surface area contributed by atoms with Crippen LogP contribution in [-0.4, -0.2) is 37.3 Å². The molecule has 0 spiro atoms. The number of nitrogens with one attached hydrogen (secondary N) is 4.